The molecule has 1 N–H and O–H groups in total. The second kappa shape index (κ2) is 11.0. The number of aromatic nitrogens is 3. The number of nitrogens with one attached hydrogen (secondary N) is 1. The zero-order valence-electron chi connectivity index (χ0n) is 18.0. The van der Waals surface area contributed by atoms with Crippen LogP contribution in [0.1, 0.15) is 38.7 Å². The van der Waals surface area contributed by atoms with Crippen molar-refractivity contribution in [3.63, 3.8) is 0 Å². The molecule has 0 aliphatic heterocycles. The average molecular weight is 423 g/mol. The molecule has 1 amide bonds. The first-order valence-electron chi connectivity index (χ1n) is 10.5. The minimum Gasteiger partial charge on any atom is -0.356 e. The van der Waals surface area contributed by atoms with Crippen LogP contribution in [0.2, 0.25) is 0 Å². The quantitative estimate of drug-likeness (QED) is 0.357. The number of rotatable bonds is 10. The van der Waals surface area contributed by atoms with Gasteiger partial charge in [0.2, 0.25) is 5.91 Å². The first kappa shape index (κ1) is 22.1. The van der Waals surface area contributed by atoms with Crippen LogP contribution >= 0.6 is 11.8 Å². The summed E-state index contributed by atoms with van der Waals surface area (Å²) in [7, 11) is 0. The predicted octanol–water partition coefficient (Wildman–Crippen LogP) is 5.28. The molecule has 5 nitrogen and oxygen atoms in total. The SMILES string of the molecule is Cc1ccc(-c2nnc(SCCCCC(=O)NCC(C)C)n2-c2ccccc2)cc1. The van der Waals surface area contributed by atoms with Gasteiger partial charge in [0.1, 0.15) is 0 Å². The molecular formula is C24H30N4OS. The molecule has 0 aliphatic carbocycles. The molecule has 0 bridgehead atoms. The van der Waals surface area contributed by atoms with Gasteiger partial charge in [-0.3, -0.25) is 9.36 Å². The highest BCUT2D eigenvalue weighted by Gasteiger charge is 2.16. The third-order valence-corrected chi connectivity index (χ3v) is 5.71. The highest BCUT2D eigenvalue weighted by atomic mass is 32.2. The normalized spacial score (nSPS) is 11.1. The minimum absolute atomic E-state index is 0.141. The number of amides is 1. The van der Waals surface area contributed by atoms with E-state index in [2.05, 4.69) is 77.3 Å². The van der Waals surface area contributed by atoms with Gasteiger partial charge in [-0.2, -0.15) is 0 Å². The summed E-state index contributed by atoms with van der Waals surface area (Å²) in [5, 5.41) is 12.8. The lowest BCUT2D eigenvalue weighted by Crippen LogP contribution is -2.26. The second-order valence-corrected chi connectivity index (χ2v) is 8.91. The van der Waals surface area contributed by atoms with Crippen molar-refractivity contribution in [2.75, 3.05) is 12.3 Å². The van der Waals surface area contributed by atoms with Crippen molar-refractivity contribution in [1.29, 1.82) is 0 Å². The molecule has 0 saturated heterocycles. The van der Waals surface area contributed by atoms with Crippen molar-refractivity contribution in [1.82, 2.24) is 20.1 Å². The molecule has 0 unspecified atom stereocenters. The maximum Gasteiger partial charge on any atom is 0.220 e. The van der Waals surface area contributed by atoms with Gasteiger partial charge in [0.15, 0.2) is 11.0 Å². The summed E-state index contributed by atoms with van der Waals surface area (Å²) in [5.74, 6) is 2.37. The Bertz CT molecular complexity index is 936. The van der Waals surface area contributed by atoms with Crippen LogP contribution in [0.15, 0.2) is 59.8 Å². The fourth-order valence-electron chi connectivity index (χ4n) is 3.02. The van der Waals surface area contributed by atoms with Gasteiger partial charge in [-0.25, -0.2) is 0 Å². The zero-order valence-corrected chi connectivity index (χ0v) is 18.8. The summed E-state index contributed by atoms with van der Waals surface area (Å²) in [5.41, 5.74) is 3.32. The summed E-state index contributed by atoms with van der Waals surface area (Å²) in [6, 6.07) is 18.6. The lowest BCUT2D eigenvalue weighted by atomic mass is 10.1. The molecule has 2 aromatic carbocycles. The Morgan fingerprint density at radius 3 is 2.47 bits per heavy atom. The van der Waals surface area contributed by atoms with E-state index in [0.29, 0.717) is 12.3 Å². The summed E-state index contributed by atoms with van der Waals surface area (Å²) >= 11 is 1.69. The lowest BCUT2D eigenvalue weighted by Gasteiger charge is -2.10. The standard InChI is InChI=1S/C24H30N4OS/c1-18(2)17-25-22(29)11-7-8-16-30-24-27-26-23(20-14-12-19(3)13-15-20)28(24)21-9-5-4-6-10-21/h4-6,9-10,12-15,18H,7-8,11,16-17H2,1-3H3,(H,25,29). The third kappa shape index (κ3) is 6.20. The van der Waals surface area contributed by atoms with Crippen LogP contribution in [0, 0.1) is 12.8 Å². The van der Waals surface area contributed by atoms with E-state index in [9.17, 15) is 4.79 Å². The summed E-state index contributed by atoms with van der Waals surface area (Å²) < 4.78 is 2.12. The van der Waals surface area contributed by atoms with Gasteiger partial charge >= 0.3 is 0 Å². The fourth-order valence-corrected chi connectivity index (χ4v) is 3.97. The van der Waals surface area contributed by atoms with Gasteiger partial charge in [0.25, 0.3) is 0 Å². The van der Waals surface area contributed by atoms with Crippen molar-refractivity contribution < 1.29 is 4.79 Å². The van der Waals surface area contributed by atoms with E-state index in [1.54, 1.807) is 11.8 Å². The van der Waals surface area contributed by atoms with Crippen LogP contribution < -0.4 is 5.32 Å². The van der Waals surface area contributed by atoms with E-state index in [1.165, 1.54) is 5.56 Å². The highest BCUT2D eigenvalue weighted by Crippen LogP contribution is 2.28. The largest absolute Gasteiger partial charge is 0.356 e. The van der Waals surface area contributed by atoms with E-state index in [-0.39, 0.29) is 5.91 Å². The fraction of sp³-hybridized carbons (Fsp3) is 0.375. The Morgan fingerprint density at radius 2 is 1.77 bits per heavy atom. The number of para-hydroxylation sites is 1. The van der Waals surface area contributed by atoms with Gasteiger partial charge in [0, 0.05) is 30.0 Å². The maximum atomic E-state index is 11.9. The van der Waals surface area contributed by atoms with E-state index < -0.39 is 0 Å². The molecule has 0 saturated carbocycles. The van der Waals surface area contributed by atoms with Crippen molar-refractivity contribution in [2.24, 2.45) is 5.92 Å². The second-order valence-electron chi connectivity index (χ2n) is 7.85. The molecule has 1 heterocycles. The molecule has 3 aromatic rings. The Balaban J connectivity index is 1.65. The minimum atomic E-state index is 0.141. The van der Waals surface area contributed by atoms with E-state index in [4.69, 9.17) is 0 Å². The Morgan fingerprint density at radius 1 is 1.03 bits per heavy atom. The molecule has 0 aliphatic rings. The van der Waals surface area contributed by atoms with Crippen molar-refractivity contribution in [3.05, 3.63) is 60.2 Å². The van der Waals surface area contributed by atoms with Crippen molar-refractivity contribution in [3.8, 4) is 17.1 Å². The van der Waals surface area contributed by atoms with Gasteiger partial charge in [0.05, 0.1) is 0 Å². The average Bonchev–Trinajstić information content (AvgIpc) is 3.17. The summed E-state index contributed by atoms with van der Waals surface area (Å²) in [6.45, 7) is 7.03. The third-order valence-electron chi connectivity index (χ3n) is 4.69. The molecule has 6 heteroatoms. The molecule has 30 heavy (non-hydrogen) atoms. The highest BCUT2D eigenvalue weighted by molar-refractivity contribution is 7.99. The van der Waals surface area contributed by atoms with Crippen LogP contribution in [0.3, 0.4) is 0 Å². The van der Waals surface area contributed by atoms with Gasteiger partial charge in [-0.15, -0.1) is 10.2 Å². The van der Waals surface area contributed by atoms with Gasteiger partial charge in [-0.05, 0) is 37.8 Å². The zero-order chi connectivity index (χ0) is 21.3. The van der Waals surface area contributed by atoms with Gasteiger partial charge in [-0.1, -0.05) is 73.6 Å². The molecule has 3 rings (SSSR count). The molecule has 0 radical (unpaired) electrons. The predicted molar refractivity (Wildman–Crippen MR) is 124 cm³/mol. The first-order valence-corrected chi connectivity index (χ1v) is 11.5. The maximum absolute atomic E-state index is 11.9. The van der Waals surface area contributed by atoms with E-state index in [0.717, 1.165) is 47.4 Å². The molecule has 158 valence electrons. The number of nitrogens with zero attached hydrogens (tertiary/aromatic N) is 3. The molecule has 0 fully saturated rings. The summed E-state index contributed by atoms with van der Waals surface area (Å²) in [4.78, 5) is 11.9. The van der Waals surface area contributed by atoms with E-state index in [1.807, 2.05) is 18.2 Å². The van der Waals surface area contributed by atoms with Crippen LogP contribution in [0.25, 0.3) is 17.1 Å². The molecule has 0 spiro atoms. The van der Waals surface area contributed by atoms with Crippen molar-refractivity contribution >= 4 is 17.7 Å². The van der Waals surface area contributed by atoms with E-state index >= 15 is 0 Å². The molecular weight excluding hydrogens is 392 g/mol. The van der Waals surface area contributed by atoms with Crippen molar-refractivity contribution in [2.45, 2.75) is 45.2 Å². The number of hydrogen-bond acceptors (Lipinski definition) is 4. The lowest BCUT2D eigenvalue weighted by molar-refractivity contribution is -0.121. The Labute approximate surface area is 183 Å². The van der Waals surface area contributed by atoms with Crippen LogP contribution in [-0.2, 0) is 4.79 Å². The Kier molecular flexibility index (Phi) is 8.08. The first-order chi connectivity index (χ1) is 14.5. The molecule has 0 atom stereocenters. The van der Waals surface area contributed by atoms with Crippen LogP contribution in [-0.4, -0.2) is 33.0 Å². The van der Waals surface area contributed by atoms with Crippen LogP contribution in [0.4, 0.5) is 0 Å². The number of carbonyl (C=O) groups is 1. The number of thioether (sulfide) groups is 1. The number of unbranched alkanes of at least 4 members (excludes halogenated alkanes) is 1. The Hall–Kier alpha value is -2.60. The number of carbonyl (C=O) groups excluding carboxylic acids is 1. The van der Waals surface area contributed by atoms with Gasteiger partial charge < -0.3 is 5.32 Å². The number of benzene rings is 2. The number of aryl methyl sites for hydroxylation is 1. The smallest absolute Gasteiger partial charge is 0.220 e. The topological polar surface area (TPSA) is 59.8 Å². The monoisotopic (exact) mass is 422 g/mol. The van der Waals surface area contributed by atoms with Crippen LogP contribution in [0.5, 0.6) is 0 Å². The summed E-state index contributed by atoms with van der Waals surface area (Å²) in [6.07, 6.45) is 2.41. The molecule has 1 aromatic heterocycles. The number of hydrogen-bond donors (Lipinski definition) is 1.